The summed E-state index contributed by atoms with van der Waals surface area (Å²) in [6.07, 6.45) is -3.78. The fraction of sp³-hybridized carbons (Fsp3) is 0.545. The first-order valence-electron chi connectivity index (χ1n) is 5.27. The van der Waals surface area contributed by atoms with Crippen molar-refractivity contribution in [2.75, 3.05) is 11.9 Å². The molecule has 17 heavy (non-hydrogen) atoms. The van der Waals surface area contributed by atoms with E-state index in [9.17, 15) is 13.2 Å². The Morgan fingerprint density at radius 2 is 1.94 bits per heavy atom. The van der Waals surface area contributed by atoms with Crippen molar-refractivity contribution in [3.05, 3.63) is 23.9 Å². The fourth-order valence-corrected chi connectivity index (χ4v) is 1.43. The zero-order valence-corrected chi connectivity index (χ0v) is 9.80. The van der Waals surface area contributed by atoms with Gasteiger partial charge in [0.05, 0.1) is 0 Å². The lowest BCUT2D eigenvalue weighted by molar-refractivity contribution is -0.141. The van der Waals surface area contributed by atoms with Crippen molar-refractivity contribution < 1.29 is 13.2 Å². The molecule has 0 aliphatic carbocycles. The van der Waals surface area contributed by atoms with Gasteiger partial charge in [0.1, 0.15) is 11.5 Å². The quantitative estimate of drug-likeness (QED) is 0.860. The van der Waals surface area contributed by atoms with Crippen molar-refractivity contribution in [1.82, 2.24) is 4.98 Å². The summed E-state index contributed by atoms with van der Waals surface area (Å²) in [5.74, 6) is 0.207. The Hall–Kier alpha value is -1.30. The number of hydrogen-bond acceptors (Lipinski definition) is 3. The molecule has 0 aliphatic rings. The zero-order chi connectivity index (χ0) is 13.1. The number of anilines is 1. The Labute approximate surface area is 98.2 Å². The van der Waals surface area contributed by atoms with Crippen LogP contribution in [0.1, 0.15) is 26.0 Å². The molecule has 1 rings (SSSR count). The number of pyridine rings is 1. The lowest BCUT2D eigenvalue weighted by Gasteiger charge is -2.26. The van der Waals surface area contributed by atoms with Crippen LogP contribution in [-0.2, 0) is 6.18 Å². The molecule has 0 saturated heterocycles. The summed E-state index contributed by atoms with van der Waals surface area (Å²) in [6.45, 7) is 4.18. The van der Waals surface area contributed by atoms with Crippen LogP contribution in [0.5, 0.6) is 0 Å². The van der Waals surface area contributed by atoms with Gasteiger partial charge in [0, 0.05) is 5.54 Å². The van der Waals surface area contributed by atoms with Gasteiger partial charge >= 0.3 is 6.18 Å². The SMILES string of the molecule is CC(C)(CCN)Nc1cccc(C(F)(F)F)n1. The molecule has 1 aromatic rings. The van der Waals surface area contributed by atoms with Crippen LogP contribution < -0.4 is 11.1 Å². The van der Waals surface area contributed by atoms with E-state index in [0.717, 1.165) is 6.07 Å². The maximum atomic E-state index is 12.4. The first-order valence-corrected chi connectivity index (χ1v) is 5.27. The predicted octanol–water partition coefficient (Wildman–Crippen LogP) is 2.64. The molecule has 0 bridgehead atoms. The Morgan fingerprint density at radius 1 is 1.29 bits per heavy atom. The van der Waals surface area contributed by atoms with E-state index in [0.29, 0.717) is 13.0 Å². The minimum absolute atomic E-state index is 0.207. The van der Waals surface area contributed by atoms with Crippen molar-refractivity contribution >= 4 is 5.82 Å². The normalized spacial score (nSPS) is 12.6. The fourth-order valence-electron chi connectivity index (χ4n) is 1.43. The molecule has 3 nitrogen and oxygen atoms in total. The van der Waals surface area contributed by atoms with E-state index in [1.807, 2.05) is 13.8 Å². The van der Waals surface area contributed by atoms with Crippen LogP contribution >= 0.6 is 0 Å². The molecule has 0 saturated carbocycles. The smallest absolute Gasteiger partial charge is 0.365 e. The predicted molar refractivity (Wildman–Crippen MR) is 60.6 cm³/mol. The molecule has 6 heteroatoms. The molecule has 0 amide bonds. The number of alkyl halides is 3. The molecule has 1 aromatic heterocycles. The highest BCUT2D eigenvalue weighted by atomic mass is 19.4. The molecule has 0 aromatic carbocycles. The number of aromatic nitrogens is 1. The van der Waals surface area contributed by atoms with Gasteiger partial charge in [-0.2, -0.15) is 13.2 Å². The standard InChI is InChI=1S/C11H16F3N3/c1-10(2,6-7-15)17-9-5-3-4-8(16-9)11(12,13)14/h3-5H,6-7,15H2,1-2H3,(H,16,17). The first-order chi connectivity index (χ1) is 7.74. The highest BCUT2D eigenvalue weighted by Crippen LogP contribution is 2.28. The summed E-state index contributed by atoms with van der Waals surface area (Å²) in [6, 6.07) is 3.78. The van der Waals surface area contributed by atoms with Gasteiger partial charge in [0.15, 0.2) is 0 Å². The van der Waals surface area contributed by atoms with Gasteiger partial charge < -0.3 is 11.1 Å². The van der Waals surface area contributed by atoms with E-state index < -0.39 is 11.9 Å². The van der Waals surface area contributed by atoms with Crippen molar-refractivity contribution in [2.24, 2.45) is 5.73 Å². The minimum atomic E-state index is -4.42. The molecular weight excluding hydrogens is 231 g/mol. The molecular formula is C11H16F3N3. The highest BCUT2D eigenvalue weighted by molar-refractivity contribution is 5.38. The second kappa shape index (κ2) is 4.91. The molecule has 3 N–H and O–H groups in total. The van der Waals surface area contributed by atoms with Gasteiger partial charge in [0.2, 0.25) is 0 Å². The van der Waals surface area contributed by atoms with Crippen molar-refractivity contribution in [3.8, 4) is 0 Å². The number of rotatable bonds is 4. The average molecular weight is 247 g/mol. The third-order valence-electron chi connectivity index (χ3n) is 2.28. The summed E-state index contributed by atoms with van der Waals surface area (Å²) >= 11 is 0. The van der Waals surface area contributed by atoms with Crippen LogP contribution in [-0.4, -0.2) is 17.1 Å². The Kier molecular flexibility index (Phi) is 3.98. The summed E-state index contributed by atoms with van der Waals surface area (Å²) in [5.41, 5.74) is 4.15. The number of halogens is 3. The highest BCUT2D eigenvalue weighted by Gasteiger charge is 2.32. The Morgan fingerprint density at radius 3 is 2.47 bits per heavy atom. The zero-order valence-electron chi connectivity index (χ0n) is 9.80. The number of hydrogen-bond donors (Lipinski definition) is 2. The summed E-state index contributed by atoms with van der Waals surface area (Å²) < 4.78 is 37.3. The van der Waals surface area contributed by atoms with Crippen LogP contribution in [0.3, 0.4) is 0 Å². The monoisotopic (exact) mass is 247 g/mol. The number of nitrogens with one attached hydrogen (secondary N) is 1. The van der Waals surface area contributed by atoms with E-state index in [-0.39, 0.29) is 11.4 Å². The molecule has 0 spiro atoms. The van der Waals surface area contributed by atoms with Crippen molar-refractivity contribution in [1.29, 1.82) is 0 Å². The average Bonchev–Trinajstić information content (AvgIpc) is 2.15. The van der Waals surface area contributed by atoms with E-state index >= 15 is 0 Å². The molecule has 0 radical (unpaired) electrons. The van der Waals surface area contributed by atoms with Gasteiger partial charge in [-0.1, -0.05) is 6.07 Å². The van der Waals surface area contributed by atoms with E-state index in [2.05, 4.69) is 10.3 Å². The second-order valence-corrected chi connectivity index (χ2v) is 4.45. The molecule has 0 atom stereocenters. The largest absolute Gasteiger partial charge is 0.433 e. The maximum absolute atomic E-state index is 12.4. The Bertz CT molecular complexity index is 374. The lowest BCUT2D eigenvalue weighted by atomic mass is 10.0. The van der Waals surface area contributed by atoms with Gasteiger partial charge in [0.25, 0.3) is 0 Å². The van der Waals surface area contributed by atoms with E-state index in [4.69, 9.17) is 5.73 Å². The van der Waals surface area contributed by atoms with E-state index in [1.54, 1.807) is 0 Å². The maximum Gasteiger partial charge on any atom is 0.433 e. The van der Waals surface area contributed by atoms with Crippen molar-refractivity contribution in [3.63, 3.8) is 0 Å². The van der Waals surface area contributed by atoms with Crippen molar-refractivity contribution in [2.45, 2.75) is 32.0 Å². The third-order valence-corrected chi connectivity index (χ3v) is 2.28. The molecule has 0 fully saturated rings. The molecule has 0 aliphatic heterocycles. The van der Waals surface area contributed by atoms with E-state index in [1.165, 1.54) is 12.1 Å². The summed E-state index contributed by atoms with van der Waals surface area (Å²) in [4.78, 5) is 3.53. The number of nitrogens with two attached hydrogens (primary N) is 1. The molecule has 1 heterocycles. The topological polar surface area (TPSA) is 50.9 Å². The second-order valence-electron chi connectivity index (χ2n) is 4.45. The Balaban J connectivity index is 2.86. The van der Waals surface area contributed by atoms with Gasteiger partial charge in [-0.15, -0.1) is 0 Å². The lowest BCUT2D eigenvalue weighted by Crippen LogP contribution is -2.34. The molecule has 96 valence electrons. The van der Waals surface area contributed by atoms with Crippen LogP contribution in [0, 0.1) is 0 Å². The third kappa shape index (κ3) is 4.22. The summed E-state index contributed by atoms with van der Waals surface area (Å²) in [7, 11) is 0. The van der Waals surface area contributed by atoms with Crippen LogP contribution in [0.4, 0.5) is 19.0 Å². The summed E-state index contributed by atoms with van der Waals surface area (Å²) in [5, 5.41) is 2.94. The molecule has 0 unspecified atom stereocenters. The van der Waals surface area contributed by atoms with Crippen LogP contribution in [0.15, 0.2) is 18.2 Å². The number of nitrogens with zero attached hydrogens (tertiary/aromatic N) is 1. The van der Waals surface area contributed by atoms with Crippen LogP contribution in [0.25, 0.3) is 0 Å². The minimum Gasteiger partial charge on any atom is -0.365 e. The van der Waals surface area contributed by atoms with Gasteiger partial charge in [-0.3, -0.25) is 0 Å². The first kappa shape index (κ1) is 13.8. The van der Waals surface area contributed by atoms with Gasteiger partial charge in [-0.05, 0) is 38.9 Å². The van der Waals surface area contributed by atoms with Crippen LogP contribution in [0.2, 0.25) is 0 Å². The van der Waals surface area contributed by atoms with Gasteiger partial charge in [-0.25, -0.2) is 4.98 Å².